The Kier molecular flexibility index (Phi) is 7.91. The van der Waals surface area contributed by atoms with Crippen molar-refractivity contribution in [3.63, 3.8) is 0 Å². The summed E-state index contributed by atoms with van der Waals surface area (Å²) in [7, 11) is 1.64. The van der Waals surface area contributed by atoms with Crippen molar-refractivity contribution in [2.24, 2.45) is 0 Å². The first kappa shape index (κ1) is 19.4. The maximum Gasteiger partial charge on any atom is 0.287 e. The van der Waals surface area contributed by atoms with Gasteiger partial charge in [-0.05, 0) is 32.1 Å². The van der Waals surface area contributed by atoms with E-state index in [9.17, 15) is 9.59 Å². The van der Waals surface area contributed by atoms with Gasteiger partial charge in [0.25, 0.3) is 11.8 Å². The van der Waals surface area contributed by atoms with Gasteiger partial charge in [-0.1, -0.05) is 19.8 Å². The lowest BCUT2D eigenvalue weighted by Crippen LogP contribution is -2.28. The zero-order valence-electron chi connectivity index (χ0n) is 15.4. The van der Waals surface area contributed by atoms with Crippen molar-refractivity contribution >= 4 is 11.8 Å². The summed E-state index contributed by atoms with van der Waals surface area (Å²) < 4.78 is 6.91. The van der Waals surface area contributed by atoms with E-state index < -0.39 is 0 Å². The molecular formula is C18H30N4O3. The van der Waals surface area contributed by atoms with Crippen molar-refractivity contribution in [3.8, 4) is 0 Å². The number of ether oxygens (including phenoxy) is 1. The number of aromatic nitrogens is 2. The molecule has 140 valence electrons. The maximum absolute atomic E-state index is 12.5. The van der Waals surface area contributed by atoms with Gasteiger partial charge in [0.05, 0.1) is 5.69 Å². The SMILES string of the molecule is CCCCCNC(=O)c1nc(C(=O)NCCCOC)c2n1CCCC2. The number of imidazole rings is 1. The number of hydrogen-bond acceptors (Lipinski definition) is 4. The molecule has 0 radical (unpaired) electrons. The molecule has 0 bridgehead atoms. The number of hydrogen-bond donors (Lipinski definition) is 2. The Labute approximate surface area is 149 Å². The summed E-state index contributed by atoms with van der Waals surface area (Å²) in [6.45, 7) is 4.67. The highest BCUT2D eigenvalue weighted by atomic mass is 16.5. The summed E-state index contributed by atoms with van der Waals surface area (Å²) >= 11 is 0. The van der Waals surface area contributed by atoms with Crippen molar-refractivity contribution in [2.45, 2.75) is 58.4 Å². The number of carbonyl (C=O) groups is 2. The fourth-order valence-corrected chi connectivity index (χ4v) is 3.06. The molecule has 2 rings (SSSR count). The predicted molar refractivity (Wildman–Crippen MR) is 95.8 cm³/mol. The molecule has 0 saturated carbocycles. The molecule has 0 atom stereocenters. The van der Waals surface area contributed by atoms with Crippen LogP contribution in [0.2, 0.25) is 0 Å². The highest BCUT2D eigenvalue weighted by Crippen LogP contribution is 2.21. The van der Waals surface area contributed by atoms with Crippen LogP contribution in [-0.2, 0) is 17.7 Å². The van der Waals surface area contributed by atoms with Gasteiger partial charge in [-0.2, -0.15) is 0 Å². The van der Waals surface area contributed by atoms with Gasteiger partial charge in [0, 0.05) is 33.4 Å². The lowest BCUT2D eigenvalue weighted by Gasteiger charge is -2.17. The average Bonchev–Trinajstić information content (AvgIpc) is 3.02. The molecule has 1 aliphatic rings. The molecule has 1 aromatic rings. The molecule has 1 aromatic heterocycles. The standard InChI is InChI=1S/C18H30N4O3/c1-3-4-6-10-20-18(24)16-21-15(14-9-5-7-12-22(14)16)17(23)19-11-8-13-25-2/h3-13H2,1-2H3,(H,19,23)(H,20,24). The molecule has 2 amide bonds. The Bertz CT molecular complexity index is 535. The number of nitrogens with one attached hydrogen (secondary N) is 2. The topological polar surface area (TPSA) is 85.2 Å². The first-order valence-corrected chi connectivity index (χ1v) is 9.33. The number of rotatable bonds is 10. The quantitative estimate of drug-likeness (QED) is 0.631. The molecule has 0 saturated heterocycles. The lowest BCUT2D eigenvalue weighted by atomic mass is 10.1. The van der Waals surface area contributed by atoms with E-state index in [0.29, 0.717) is 31.2 Å². The first-order valence-electron chi connectivity index (χ1n) is 9.33. The van der Waals surface area contributed by atoms with Gasteiger partial charge in [-0.15, -0.1) is 0 Å². The number of methoxy groups -OCH3 is 1. The molecule has 0 aromatic carbocycles. The second-order valence-electron chi connectivity index (χ2n) is 6.40. The van der Waals surface area contributed by atoms with Crippen molar-refractivity contribution < 1.29 is 14.3 Å². The van der Waals surface area contributed by atoms with Crippen LogP contribution in [0.4, 0.5) is 0 Å². The van der Waals surface area contributed by atoms with Crippen LogP contribution in [0.5, 0.6) is 0 Å². The maximum atomic E-state index is 12.5. The number of amides is 2. The summed E-state index contributed by atoms with van der Waals surface area (Å²) in [5, 5.41) is 5.80. The van der Waals surface area contributed by atoms with Gasteiger partial charge >= 0.3 is 0 Å². The molecule has 0 unspecified atom stereocenters. The molecule has 0 aliphatic carbocycles. The highest BCUT2D eigenvalue weighted by molar-refractivity contribution is 5.97. The van der Waals surface area contributed by atoms with E-state index in [0.717, 1.165) is 57.2 Å². The van der Waals surface area contributed by atoms with E-state index in [2.05, 4.69) is 22.5 Å². The van der Waals surface area contributed by atoms with E-state index in [1.54, 1.807) is 7.11 Å². The zero-order valence-corrected chi connectivity index (χ0v) is 15.4. The Morgan fingerprint density at radius 1 is 1.12 bits per heavy atom. The van der Waals surface area contributed by atoms with Gasteiger partial charge < -0.3 is 19.9 Å². The fourth-order valence-electron chi connectivity index (χ4n) is 3.06. The minimum Gasteiger partial charge on any atom is -0.385 e. The fraction of sp³-hybridized carbons (Fsp3) is 0.722. The number of unbranched alkanes of at least 4 members (excludes halogenated alkanes) is 2. The van der Waals surface area contributed by atoms with Gasteiger partial charge in [-0.25, -0.2) is 4.98 Å². The molecular weight excluding hydrogens is 320 g/mol. The van der Waals surface area contributed by atoms with Crippen LogP contribution in [0.15, 0.2) is 0 Å². The van der Waals surface area contributed by atoms with Crippen molar-refractivity contribution in [1.82, 2.24) is 20.2 Å². The molecule has 7 heteroatoms. The monoisotopic (exact) mass is 350 g/mol. The molecule has 2 heterocycles. The summed E-state index contributed by atoms with van der Waals surface area (Å²) in [5.41, 5.74) is 1.28. The lowest BCUT2D eigenvalue weighted by molar-refractivity contribution is 0.0936. The van der Waals surface area contributed by atoms with Crippen LogP contribution in [0.25, 0.3) is 0 Å². The second-order valence-corrected chi connectivity index (χ2v) is 6.40. The van der Waals surface area contributed by atoms with Crippen LogP contribution in [0.1, 0.15) is 72.3 Å². The largest absolute Gasteiger partial charge is 0.385 e. The normalized spacial score (nSPS) is 13.4. The minimum absolute atomic E-state index is 0.183. The summed E-state index contributed by atoms with van der Waals surface area (Å²) in [4.78, 5) is 29.3. The number of carbonyl (C=O) groups excluding carboxylic acids is 2. The Morgan fingerprint density at radius 3 is 2.64 bits per heavy atom. The highest BCUT2D eigenvalue weighted by Gasteiger charge is 2.27. The Hall–Kier alpha value is -1.89. The van der Waals surface area contributed by atoms with Crippen LogP contribution in [0.3, 0.4) is 0 Å². The Balaban J connectivity index is 2.06. The first-order chi connectivity index (χ1) is 12.2. The molecule has 0 fully saturated rings. The van der Waals surface area contributed by atoms with E-state index in [1.165, 1.54) is 0 Å². The van der Waals surface area contributed by atoms with E-state index >= 15 is 0 Å². The predicted octanol–water partition coefficient (Wildman–Crippen LogP) is 1.91. The van der Waals surface area contributed by atoms with Crippen LogP contribution in [0, 0.1) is 0 Å². The van der Waals surface area contributed by atoms with Gasteiger partial charge in [0.15, 0.2) is 5.82 Å². The third-order valence-electron chi connectivity index (χ3n) is 4.41. The molecule has 0 spiro atoms. The summed E-state index contributed by atoms with van der Waals surface area (Å²) in [6, 6.07) is 0. The van der Waals surface area contributed by atoms with Gasteiger partial charge in [-0.3, -0.25) is 9.59 Å². The summed E-state index contributed by atoms with van der Waals surface area (Å²) in [6.07, 6.45) is 6.74. The number of fused-ring (bicyclic) bond motifs is 1. The average molecular weight is 350 g/mol. The van der Waals surface area contributed by atoms with E-state index in [-0.39, 0.29) is 11.8 Å². The van der Waals surface area contributed by atoms with Gasteiger partial charge in [0.2, 0.25) is 0 Å². The molecule has 1 aliphatic heterocycles. The number of nitrogens with zero attached hydrogens (tertiary/aromatic N) is 2. The van der Waals surface area contributed by atoms with Crippen LogP contribution in [-0.4, -0.2) is 48.2 Å². The summed E-state index contributed by atoms with van der Waals surface area (Å²) in [5.74, 6) is -0.0160. The van der Waals surface area contributed by atoms with Gasteiger partial charge in [0.1, 0.15) is 5.69 Å². The van der Waals surface area contributed by atoms with Crippen molar-refractivity contribution in [1.29, 1.82) is 0 Å². The van der Waals surface area contributed by atoms with Crippen molar-refractivity contribution in [2.75, 3.05) is 26.8 Å². The van der Waals surface area contributed by atoms with Crippen LogP contribution >= 0.6 is 0 Å². The van der Waals surface area contributed by atoms with E-state index in [4.69, 9.17) is 4.74 Å². The second kappa shape index (κ2) is 10.2. The third-order valence-corrected chi connectivity index (χ3v) is 4.41. The minimum atomic E-state index is -0.202. The molecule has 2 N–H and O–H groups in total. The van der Waals surface area contributed by atoms with Crippen LogP contribution < -0.4 is 10.6 Å². The zero-order chi connectivity index (χ0) is 18.1. The molecule has 7 nitrogen and oxygen atoms in total. The van der Waals surface area contributed by atoms with Crippen molar-refractivity contribution in [3.05, 3.63) is 17.2 Å². The Morgan fingerprint density at radius 2 is 1.88 bits per heavy atom. The molecule has 25 heavy (non-hydrogen) atoms. The third kappa shape index (κ3) is 5.29. The van der Waals surface area contributed by atoms with E-state index in [1.807, 2.05) is 4.57 Å². The smallest absolute Gasteiger partial charge is 0.287 e.